The molecule has 0 amide bonds. The van der Waals surface area contributed by atoms with Crippen molar-refractivity contribution in [1.82, 2.24) is 19.7 Å². The number of aromatic nitrogens is 3. The normalized spacial score (nSPS) is 23.6. The number of ether oxygens (including phenoxy) is 1. The van der Waals surface area contributed by atoms with Gasteiger partial charge in [0.15, 0.2) is 5.16 Å². The predicted octanol–water partition coefficient (Wildman–Crippen LogP) is 4.45. The van der Waals surface area contributed by atoms with Gasteiger partial charge in [0.1, 0.15) is 5.82 Å². The summed E-state index contributed by atoms with van der Waals surface area (Å²) >= 11 is 1.71. The number of halogens is 3. The van der Waals surface area contributed by atoms with Crippen molar-refractivity contribution in [1.29, 1.82) is 0 Å². The van der Waals surface area contributed by atoms with E-state index in [9.17, 15) is 18.3 Å². The first-order chi connectivity index (χ1) is 16.2. The number of alkyl halides is 3. The summed E-state index contributed by atoms with van der Waals surface area (Å²) in [5, 5.41) is 20.5. The van der Waals surface area contributed by atoms with E-state index in [1.165, 1.54) is 12.1 Å². The topological polar surface area (TPSA) is 63.4 Å². The van der Waals surface area contributed by atoms with E-state index in [1.807, 2.05) is 14.1 Å². The highest BCUT2D eigenvalue weighted by Gasteiger charge is 2.53. The summed E-state index contributed by atoms with van der Waals surface area (Å²) in [6.45, 7) is 3.22. The van der Waals surface area contributed by atoms with Crippen molar-refractivity contribution in [2.45, 2.75) is 60.9 Å². The molecule has 0 unspecified atom stereocenters. The van der Waals surface area contributed by atoms with E-state index in [0.717, 1.165) is 80.0 Å². The molecule has 6 nitrogen and oxygen atoms in total. The van der Waals surface area contributed by atoms with Gasteiger partial charge in [0, 0.05) is 44.4 Å². The summed E-state index contributed by atoms with van der Waals surface area (Å²) < 4.78 is 45.8. The summed E-state index contributed by atoms with van der Waals surface area (Å²) in [5.74, 6) is 2.32. The molecule has 2 fully saturated rings. The molecule has 2 aromatic rings. The largest absolute Gasteiger partial charge is 0.416 e. The third-order valence-electron chi connectivity index (χ3n) is 6.98. The van der Waals surface area contributed by atoms with E-state index in [4.69, 9.17) is 4.74 Å². The van der Waals surface area contributed by atoms with Crippen LogP contribution in [0.2, 0.25) is 0 Å². The first-order valence-corrected chi connectivity index (χ1v) is 12.8. The Bertz CT molecular complexity index is 947. The van der Waals surface area contributed by atoms with Crippen LogP contribution < -0.4 is 0 Å². The third kappa shape index (κ3) is 6.13. The van der Waals surface area contributed by atoms with Crippen LogP contribution in [0.25, 0.3) is 0 Å². The van der Waals surface area contributed by atoms with Gasteiger partial charge in [-0.05, 0) is 63.4 Å². The molecule has 1 aromatic heterocycles. The molecule has 1 saturated carbocycles. The second kappa shape index (κ2) is 10.6. The third-order valence-corrected chi connectivity index (χ3v) is 8.09. The molecular formula is C24H33F3N4O2S. The minimum atomic E-state index is -4.33. The van der Waals surface area contributed by atoms with Crippen LogP contribution in [0.3, 0.4) is 0 Å². The first-order valence-electron chi connectivity index (χ1n) is 11.9. The lowest BCUT2D eigenvalue weighted by molar-refractivity contribution is -0.137. The molecule has 34 heavy (non-hydrogen) atoms. The van der Waals surface area contributed by atoms with Gasteiger partial charge >= 0.3 is 6.18 Å². The zero-order chi connectivity index (χ0) is 24.3. The van der Waals surface area contributed by atoms with Gasteiger partial charge in [0.05, 0.1) is 11.2 Å². The Kier molecular flexibility index (Phi) is 7.91. The second-order valence-corrected chi connectivity index (χ2v) is 10.6. The Balaban J connectivity index is 1.16. The van der Waals surface area contributed by atoms with Crippen molar-refractivity contribution >= 4 is 11.8 Å². The number of benzene rings is 1. The van der Waals surface area contributed by atoms with Crippen molar-refractivity contribution in [3.8, 4) is 0 Å². The molecule has 1 aromatic carbocycles. The second-order valence-electron chi connectivity index (χ2n) is 9.52. The summed E-state index contributed by atoms with van der Waals surface area (Å²) in [5.41, 5.74) is -0.695. The van der Waals surface area contributed by atoms with Gasteiger partial charge in [0.2, 0.25) is 0 Å². The number of rotatable bonds is 10. The fraction of sp³-hybridized carbons (Fsp3) is 0.667. The summed E-state index contributed by atoms with van der Waals surface area (Å²) in [6, 6.07) is 5.18. The monoisotopic (exact) mass is 498 g/mol. The lowest BCUT2D eigenvalue weighted by Crippen LogP contribution is -2.26. The quantitative estimate of drug-likeness (QED) is 0.386. The standard InChI is InChI=1S/C24H33F3N4O2S/c1-30(11-3-15-34-22-29-28-21(31(22)2)18-8-13-33-14-9-18)12-10-23(32)16-20(23)17-4-6-19(7-5-17)24(25,26)27/h4-7,18,20,32H,3,8-16H2,1-2H3/t20-,23-/m0/s1. The Morgan fingerprint density at radius 2 is 1.88 bits per heavy atom. The molecule has 2 atom stereocenters. The summed E-state index contributed by atoms with van der Waals surface area (Å²) in [4.78, 5) is 2.20. The molecule has 0 radical (unpaired) electrons. The van der Waals surface area contributed by atoms with Crippen LogP contribution in [0.5, 0.6) is 0 Å². The molecule has 1 aliphatic carbocycles. The smallest absolute Gasteiger partial charge is 0.389 e. The van der Waals surface area contributed by atoms with E-state index >= 15 is 0 Å². The Hall–Kier alpha value is -1.62. The maximum atomic E-state index is 12.8. The fourth-order valence-corrected chi connectivity index (χ4v) is 5.50. The van der Waals surface area contributed by atoms with Crippen molar-refractivity contribution in [2.24, 2.45) is 7.05 Å². The number of hydrogen-bond donors (Lipinski definition) is 1. The number of nitrogens with zero attached hydrogens (tertiary/aromatic N) is 4. The van der Waals surface area contributed by atoms with E-state index < -0.39 is 17.3 Å². The maximum absolute atomic E-state index is 12.8. The van der Waals surface area contributed by atoms with Crippen LogP contribution in [0, 0.1) is 0 Å². The van der Waals surface area contributed by atoms with E-state index in [2.05, 4.69) is 19.7 Å². The lowest BCUT2D eigenvalue weighted by Gasteiger charge is -2.21. The van der Waals surface area contributed by atoms with Gasteiger partial charge in [-0.25, -0.2) is 0 Å². The number of hydrogen-bond acceptors (Lipinski definition) is 6. The van der Waals surface area contributed by atoms with Crippen molar-refractivity contribution in [3.63, 3.8) is 0 Å². The minimum absolute atomic E-state index is 0.0837. The van der Waals surface area contributed by atoms with Crippen LogP contribution in [-0.4, -0.2) is 69.5 Å². The fourth-order valence-electron chi connectivity index (χ4n) is 4.66. The SMILES string of the molecule is CN(CCCSc1nnc(C2CCOCC2)n1C)CC[C@]1(O)C[C@H]1c1ccc(C(F)(F)F)cc1. The molecule has 1 saturated heterocycles. The Morgan fingerprint density at radius 1 is 1.18 bits per heavy atom. The zero-order valence-electron chi connectivity index (χ0n) is 19.7. The van der Waals surface area contributed by atoms with Gasteiger partial charge in [-0.1, -0.05) is 23.9 Å². The molecule has 1 N–H and O–H groups in total. The highest BCUT2D eigenvalue weighted by atomic mass is 32.2. The average Bonchev–Trinajstić information content (AvgIpc) is 3.37. The molecular weight excluding hydrogens is 465 g/mol. The highest BCUT2D eigenvalue weighted by molar-refractivity contribution is 7.99. The number of thioether (sulfide) groups is 1. The molecule has 1 aliphatic heterocycles. The number of aliphatic hydroxyl groups is 1. The molecule has 2 aliphatic rings. The molecule has 0 bridgehead atoms. The van der Waals surface area contributed by atoms with Gasteiger partial charge < -0.3 is 19.3 Å². The summed E-state index contributed by atoms with van der Waals surface area (Å²) in [7, 11) is 4.07. The summed E-state index contributed by atoms with van der Waals surface area (Å²) in [6.07, 6.45) is -0.147. The van der Waals surface area contributed by atoms with Crippen LogP contribution in [0.15, 0.2) is 29.4 Å². The first kappa shape index (κ1) is 25.5. The van der Waals surface area contributed by atoms with Gasteiger partial charge in [-0.2, -0.15) is 13.2 Å². The highest BCUT2D eigenvalue weighted by Crippen LogP contribution is 2.53. The van der Waals surface area contributed by atoms with Crippen molar-refractivity contribution in [3.05, 3.63) is 41.2 Å². The maximum Gasteiger partial charge on any atom is 0.416 e. The van der Waals surface area contributed by atoms with Crippen LogP contribution in [0.1, 0.15) is 60.9 Å². The van der Waals surface area contributed by atoms with Gasteiger partial charge in [0.25, 0.3) is 0 Å². The van der Waals surface area contributed by atoms with E-state index in [1.54, 1.807) is 11.8 Å². The lowest BCUT2D eigenvalue weighted by atomic mass is 10.00. The Morgan fingerprint density at radius 3 is 2.56 bits per heavy atom. The van der Waals surface area contributed by atoms with Crippen LogP contribution in [0.4, 0.5) is 13.2 Å². The van der Waals surface area contributed by atoms with Crippen LogP contribution >= 0.6 is 11.8 Å². The van der Waals surface area contributed by atoms with Gasteiger partial charge in [-0.15, -0.1) is 10.2 Å². The molecule has 4 rings (SSSR count). The molecule has 10 heteroatoms. The van der Waals surface area contributed by atoms with Crippen molar-refractivity contribution in [2.75, 3.05) is 39.1 Å². The van der Waals surface area contributed by atoms with Gasteiger partial charge in [-0.3, -0.25) is 0 Å². The molecule has 0 spiro atoms. The van der Waals surface area contributed by atoms with E-state index in [-0.39, 0.29) is 5.92 Å². The zero-order valence-corrected chi connectivity index (χ0v) is 20.5. The van der Waals surface area contributed by atoms with Crippen LogP contribution in [-0.2, 0) is 18.0 Å². The predicted molar refractivity (Wildman–Crippen MR) is 125 cm³/mol. The molecule has 2 heterocycles. The van der Waals surface area contributed by atoms with Crippen molar-refractivity contribution < 1.29 is 23.0 Å². The average molecular weight is 499 g/mol. The Labute approximate surface area is 202 Å². The molecule has 188 valence electrons. The minimum Gasteiger partial charge on any atom is -0.389 e. The van der Waals surface area contributed by atoms with E-state index in [0.29, 0.717) is 18.8 Å².